The molecule has 0 spiro atoms. The van der Waals surface area contributed by atoms with Gasteiger partial charge in [0.2, 0.25) is 5.91 Å². The summed E-state index contributed by atoms with van der Waals surface area (Å²) in [4.78, 5) is 25.2. The zero-order valence-electron chi connectivity index (χ0n) is 13.7. The second-order valence-electron chi connectivity index (χ2n) is 5.84. The first-order chi connectivity index (χ1) is 11.0. The summed E-state index contributed by atoms with van der Waals surface area (Å²) in [6.45, 7) is 5.61. The fraction of sp³-hybridized carbons (Fsp3) is 0.529. The average Bonchev–Trinajstić information content (AvgIpc) is 2.55. The number of benzene rings is 1. The van der Waals surface area contributed by atoms with Crippen molar-refractivity contribution in [2.24, 2.45) is 11.7 Å². The lowest BCUT2D eigenvalue weighted by molar-refractivity contribution is -0.123. The summed E-state index contributed by atoms with van der Waals surface area (Å²) >= 11 is 0. The zero-order chi connectivity index (χ0) is 16.8. The van der Waals surface area contributed by atoms with Crippen LogP contribution >= 0.6 is 0 Å². The third-order valence-corrected chi connectivity index (χ3v) is 4.19. The Morgan fingerprint density at radius 3 is 2.70 bits per heavy atom. The molecular weight excluding hydrogens is 294 g/mol. The Hall–Kier alpha value is -2.24. The van der Waals surface area contributed by atoms with Crippen LogP contribution in [0.4, 0.5) is 4.79 Å². The summed E-state index contributed by atoms with van der Waals surface area (Å²) < 4.78 is 5.49. The van der Waals surface area contributed by atoms with Crippen molar-refractivity contribution in [2.75, 3.05) is 19.7 Å². The van der Waals surface area contributed by atoms with Crippen LogP contribution in [0.5, 0.6) is 5.75 Å². The minimum Gasteiger partial charge on any atom is -0.494 e. The Morgan fingerprint density at radius 1 is 1.39 bits per heavy atom. The van der Waals surface area contributed by atoms with E-state index in [2.05, 4.69) is 5.32 Å². The van der Waals surface area contributed by atoms with Gasteiger partial charge in [0.15, 0.2) is 0 Å². The van der Waals surface area contributed by atoms with E-state index in [1.54, 1.807) is 4.90 Å². The van der Waals surface area contributed by atoms with Gasteiger partial charge in [-0.3, -0.25) is 4.79 Å². The molecule has 1 aromatic rings. The SMILES string of the molecule is CCOc1cccc([C@H](C)NC(=O)N2CCC(C(N)=O)CC2)c1. The molecule has 1 aromatic carbocycles. The number of nitrogens with zero attached hydrogens (tertiary/aromatic N) is 1. The number of primary amides is 1. The first kappa shape index (κ1) is 17.1. The molecular formula is C17H25N3O3. The molecule has 1 saturated heterocycles. The van der Waals surface area contributed by atoms with Crippen molar-refractivity contribution in [1.29, 1.82) is 0 Å². The fourth-order valence-corrected chi connectivity index (χ4v) is 2.77. The molecule has 0 aromatic heterocycles. The predicted molar refractivity (Wildman–Crippen MR) is 88.0 cm³/mol. The van der Waals surface area contributed by atoms with Crippen LogP contribution in [0.2, 0.25) is 0 Å². The summed E-state index contributed by atoms with van der Waals surface area (Å²) in [7, 11) is 0. The molecule has 3 amide bonds. The largest absolute Gasteiger partial charge is 0.494 e. The van der Waals surface area contributed by atoms with Crippen LogP contribution in [0.1, 0.15) is 38.3 Å². The summed E-state index contributed by atoms with van der Waals surface area (Å²) in [6.07, 6.45) is 1.27. The Labute approximate surface area is 137 Å². The summed E-state index contributed by atoms with van der Waals surface area (Å²) in [5.41, 5.74) is 6.31. The standard InChI is InChI=1S/C17H25N3O3/c1-3-23-15-6-4-5-14(11-15)12(2)19-17(22)20-9-7-13(8-10-20)16(18)21/h4-6,11-13H,3,7-10H2,1-2H3,(H2,18,21)(H,19,22)/t12-/m0/s1. The molecule has 0 unspecified atom stereocenters. The van der Waals surface area contributed by atoms with Crippen molar-refractivity contribution >= 4 is 11.9 Å². The van der Waals surface area contributed by atoms with Crippen LogP contribution < -0.4 is 15.8 Å². The second kappa shape index (κ2) is 7.85. The highest BCUT2D eigenvalue weighted by atomic mass is 16.5. The van der Waals surface area contributed by atoms with Crippen LogP contribution in [0.15, 0.2) is 24.3 Å². The lowest BCUT2D eigenvalue weighted by atomic mass is 9.96. The number of likely N-dealkylation sites (tertiary alicyclic amines) is 1. The van der Waals surface area contributed by atoms with Gasteiger partial charge in [-0.2, -0.15) is 0 Å². The van der Waals surface area contributed by atoms with E-state index in [-0.39, 0.29) is 23.9 Å². The number of carbonyl (C=O) groups excluding carboxylic acids is 2. The Morgan fingerprint density at radius 2 is 2.09 bits per heavy atom. The highest BCUT2D eigenvalue weighted by Crippen LogP contribution is 2.21. The minimum atomic E-state index is -0.272. The maximum Gasteiger partial charge on any atom is 0.317 e. The number of urea groups is 1. The monoisotopic (exact) mass is 319 g/mol. The van der Waals surface area contributed by atoms with E-state index in [1.165, 1.54) is 0 Å². The van der Waals surface area contributed by atoms with Crippen molar-refractivity contribution < 1.29 is 14.3 Å². The molecule has 6 heteroatoms. The Bertz CT molecular complexity index is 554. The molecule has 0 bridgehead atoms. The third-order valence-electron chi connectivity index (χ3n) is 4.19. The predicted octanol–water partition coefficient (Wildman–Crippen LogP) is 2.05. The number of nitrogens with one attached hydrogen (secondary N) is 1. The van der Waals surface area contributed by atoms with E-state index in [0.29, 0.717) is 32.5 Å². The van der Waals surface area contributed by atoms with Crippen molar-refractivity contribution in [3.63, 3.8) is 0 Å². The van der Waals surface area contributed by atoms with E-state index in [1.807, 2.05) is 38.1 Å². The molecule has 1 atom stereocenters. The van der Waals surface area contributed by atoms with E-state index in [4.69, 9.17) is 10.5 Å². The quantitative estimate of drug-likeness (QED) is 0.871. The van der Waals surface area contributed by atoms with Gasteiger partial charge in [-0.1, -0.05) is 12.1 Å². The Balaban J connectivity index is 1.90. The summed E-state index contributed by atoms with van der Waals surface area (Å²) in [5, 5.41) is 2.99. The number of nitrogens with two attached hydrogens (primary N) is 1. The fourth-order valence-electron chi connectivity index (χ4n) is 2.77. The zero-order valence-corrected chi connectivity index (χ0v) is 13.7. The van der Waals surface area contributed by atoms with Gasteiger partial charge in [0, 0.05) is 19.0 Å². The van der Waals surface area contributed by atoms with Crippen LogP contribution in [-0.4, -0.2) is 36.5 Å². The first-order valence-corrected chi connectivity index (χ1v) is 8.08. The summed E-state index contributed by atoms with van der Waals surface area (Å²) in [6, 6.07) is 7.50. The summed E-state index contributed by atoms with van der Waals surface area (Å²) in [5.74, 6) is 0.416. The number of piperidine rings is 1. The molecule has 126 valence electrons. The van der Waals surface area contributed by atoms with Gasteiger partial charge in [-0.25, -0.2) is 4.79 Å². The molecule has 0 saturated carbocycles. The minimum absolute atomic E-state index is 0.109. The molecule has 0 aliphatic carbocycles. The van der Waals surface area contributed by atoms with E-state index in [0.717, 1.165) is 11.3 Å². The number of rotatable bonds is 5. The van der Waals surface area contributed by atoms with Gasteiger partial charge in [0.1, 0.15) is 5.75 Å². The molecule has 23 heavy (non-hydrogen) atoms. The van der Waals surface area contributed by atoms with E-state index >= 15 is 0 Å². The number of hydrogen-bond donors (Lipinski definition) is 2. The molecule has 6 nitrogen and oxygen atoms in total. The second-order valence-corrected chi connectivity index (χ2v) is 5.84. The van der Waals surface area contributed by atoms with Gasteiger partial charge in [0.25, 0.3) is 0 Å². The first-order valence-electron chi connectivity index (χ1n) is 8.08. The van der Waals surface area contributed by atoms with Crippen LogP contribution in [-0.2, 0) is 4.79 Å². The van der Waals surface area contributed by atoms with Crippen molar-refractivity contribution in [3.05, 3.63) is 29.8 Å². The van der Waals surface area contributed by atoms with Crippen LogP contribution in [0.3, 0.4) is 0 Å². The third kappa shape index (κ3) is 4.61. The molecule has 1 aliphatic heterocycles. The van der Waals surface area contributed by atoms with Crippen LogP contribution in [0, 0.1) is 5.92 Å². The molecule has 3 N–H and O–H groups in total. The van der Waals surface area contributed by atoms with Gasteiger partial charge >= 0.3 is 6.03 Å². The van der Waals surface area contributed by atoms with Gasteiger partial charge in [0.05, 0.1) is 12.6 Å². The van der Waals surface area contributed by atoms with Gasteiger partial charge in [-0.15, -0.1) is 0 Å². The smallest absolute Gasteiger partial charge is 0.317 e. The number of carbonyl (C=O) groups is 2. The maximum absolute atomic E-state index is 12.3. The molecule has 1 aliphatic rings. The van der Waals surface area contributed by atoms with Crippen molar-refractivity contribution in [3.8, 4) is 5.75 Å². The molecule has 0 radical (unpaired) electrons. The number of hydrogen-bond acceptors (Lipinski definition) is 3. The van der Waals surface area contributed by atoms with Gasteiger partial charge < -0.3 is 20.7 Å². The van der Waals surface area contributed by atoms with Crippen molar-refractivity contribution in [1.82, 2.24) is 10.2 Å². The molecule has 1 heterocycles. The maximum atomic E-state index is 12.3. The van der Waals surface area contributed by atoms with E-state index < -0.39 is 0 Å². The highest BCUT2D eigenvalue weighted by molar-refractivity contribution is 5.78. The van der Waals surface area contributed by atoms with E-state index in [9.17, 15) is 9.59 Å². The topological polar surface area (TPSA) is 84.7 Å². The van der Waals surface area contributed by atoms with Crippen molar-refractivity contribution in [2.45, 2.75) is 32.7 Å². The molecule has 1 fully saturated rings. The normalized spacial score (nSPS) is 16.7. The highest BCUT2D eigenvalue weighted by Gasteiger charge is 2.26. The lowest BCUT2D eigenvalue weighted by Crippen LogP contribution is -2.46. The van der Waals surface area contributed by atoms with Gasteiger partial charge in [-0.05, 0) is 44.4 Å². The Kier molecular flexibility index (Phi) is 5.84. The average molecular weight is 319 g/mol. The number of amides is 3. The van der Waals surface area contributed by atoms with Crippen LogP contribution in [0.25, 0.3) is 0 Å². The molecule has 2 rings (SSSR count). The lowest BCUT2D eigenvalue weighted by Gasteiger charge is -2.31. The number of ether oxygens (including phenoxy) is 1.